The van der Waals surface area contributed by atoms with Gasteiger partial charge in [-0.3, -0.25) is 0 Å². The summed E-state index contributed by atoms with van der Waals surface area (Å²) in [6, 6.07) is -3.30. The third-order valence-electron chi connectivity index (χ3n) is 10.7. The molecule has 0 aromatic carbocycles. The van der Waals surface area contributed by atoms with Gasteiger partial charge in [-0.25, -0.2) is 0 Å². The maximum atomic E-state index is 11.2. The van der Waals surface area contributed by atoms with Gasteiger partial charge in [0.1, 0.15) is 48.8 Å². The van der Waals surface area contributed by atoms with Crippen LogP contribution < -0.4 is 28.7 Å². The quantitative estimate of drug-likeness (QED) is 0.0882. The molecule has 2 aliphatic carbocycles. The van der Waals surface area contributed by atoms with Gasteiger partial charge in [-0.1, -0.05) is 0 Å². The lowest BCUT2D eigenvalue weighted by Crippen LogP contribution is -2.65. The van der Waals surface area contributed by atoms with E-state index in [-0.39, 0.29) is 38.8 Å². The van der Waals surface area contributed by atoms with Crippen molar-refractivity contribution in [2.24, 2.45) is 34.6 Å². The summed E-state index contributed by atoms with van der Waals surface area (Å²) < 4.78 is 41.3. The molecule has 0 radical (unpaired) electrons. The van der Waals surface area contributed by atoms with E-state index >= 15 is 0 Å². The van der Waals surface area contributed by atoms with Gasteiger partial charge in [0.05, 0.1) is 68.5 Å². The predicted octanol–water partition coefficient (Wildman–Crippen LogP) is -8.32. The van der Waals surface area contributed by atoms with Crippen molar-refractivity contribution in [2.75, 3.05) is 26.4 Å². The molecule has 21 nitrogen and oxygen atoms in total. The number of hydrogen-bond donors (Lipinski definition) is 14. The van der Waals surface area contributed by atoms with E-state index in [1.54, 1.807) is 0 Å². The molecular weight excluding hydrogens is 686 g/mol. The van der Waals surface area contributed by atoms with E-state index in [0.29, 0.717) is 0 Å². The summed E-state index contributed by atoms with van der Waals surface area (Å²) >= 11 is 0. The smallest absolute Gasteiger partial charge is 0.184 e. The largest absolute Gasteiger partial charge is 0.394 e. The van der Waals surface area contributed by atoms with Gasteiger partial charge in [0.15, 0.2) is 18.9 Å². The van der Waals surface area contributed by atoms with Crippen LogP contribution in [0.15, 0.2) is 0 Å². The fraction of sp³-hybridized carbons (Fsp3) is 1.00. The molecular formula is C30H57N5O16. The van der Waals surface area contributed by atoms with Gasteiger partial charge >= 0.3 is 0 Å². The molecule has 21 heteroatoms. The highest BCUT2D eigenvalue weighted by molar-refractivity contribution is 5.01. The van der Waals surface area contributed by atoms with E-state index in [4.69, 9.17) is 61.8 Å². The molecule has 3 aliphatic heterocycles. The Morgan fingerprint density at radius 2 is 1.27 bits per heavy atom. The maximum Gasteiger partial charge on any atom is 0.184 e. The van der Waals surface area contributed by atoms with Gasteiger partial charge in [-0.2, -0.15) is 0 Å². The van der Waals surface area contributed by atoms with E-state index < -0.39 is 148 Å². The molecule has 0 amide bonds. The van der Waals surface area contributed by atoms with Crippen molar-refractivity contribution in [1.82, 2.24) is 0 Å². The van der Waals surface area contributed by atoms with Crippen LogP contribution in [0.2, 0.25) is 0 Å². The Morgan fingerprint density at radius 1 is 0.569 bits per heavy atom. The van der Waals surface area contributed by atoms with Crippen LogP contribution in [0, 0.1) is 5.92 Å². The molecule has 2 saturated carbocycles. The van der Waals surface area contributed by atoms with Crippen molar-refractivity contribution in [1.29, 1.82) is 0 Å². The first-order valence-corrected chi connectivity index (χ1v) is 17.4. The Kier molecular flexibility index (Phi) is 14.4. The standard InChI is InChI=1S/C30H57N5O16/c31-5-9-1-15(20(35)23(41)26(9)45-8-18-22(40)24(42)25(43)29(44)48-18)46-14-4-19(47-17(14)7-37)50-28-21(39)10(32)2-11(33)27(28)51-30-12(34)3-13(38)16(6-36)49-30/h9-30,36-44H,1-8,31-35H2. The Balaban J connectivity index is 1.21. The molecule has 5 rings (SSSR count). The van der Waals surface area contributed by atoms with Gasteiger partial charge in [-0.05, 0) is 25.8 Å². The molecule has 0 spiro atoms. The molecule has 51 heavy (non-hydrogen) atoms. The van der Waals surface area contributed by atoms with Crippen LogP contribution >= 0.6 is 0 Å². The summed E-state index contributed by atoms with van der Waals surface area (Å²) in [5.41, 5.74) is 31.2. The van der Waals surface area contributed by atoms with Crippen LogP contribution in [0.5, 0.6) is 0 Å². The van der Waals surface area contributed by atoms with E-state index in [2.05, 4.69) is 0 Å². The highest BCUT2D eigenvalue weighted by Crippen LogP contribution is 2.36. The van der Waals surface area contributed by atoms with Crippen LogP contribution in [0.4, 0.5) is 0 Å². The first kappa shape index (κ1) is 41.3. The summed E-state index contributed by atoms with van der Waals surface area (Å²) in [5.74, 6) is -0.508. The van der Waals surface area contributed by atoms with E-state index in [9.17, 15) is 46.0 Å². The average molecular weight is 744 g/mol. The molecule has 5 aliphatic rings. The van der Waals surface area contributed by atoms with Gasteiger partial charge < -0.3 is 108 Å². The van der Waals surface area contributed by atoms with Gasteiger partial charge in [-0.15, -0.1) is 0 Å². The van der Waals surface area contributed by atoms with Crippen molar-refractivity contribution < 1.29 is 79.1 Å². The lowest BCUT2D eigenvalue weighted by molar-refractivity contribution is -0.293. The average Bonchev–Trinajstić information content (AvgIpc) is 3.49. The van der Waals surface area contributed by atoms with Crippen molar-refractivity contribution >= 4 is 0 Å². The summed E-state index contributed by atoms with van der Waals surface area (Å²) in [6.45, 7) is -1.27. The van der Waals surface area contributed by atoms with Crippen LogP contribution in [-0.2, 0) is 33.2 Å². The van der Waals surface area contributed by atoms with Gasteiger partial charge in [0.2, 0.25) is 0 Å². The molecule has 0 aromatic heterocycles. The highest BCUT2D eigenvalue weighted by Gasteiger charge is 2.51. The Morgan fingerprint density at radius 3 is 1.94 bits per heavy atom. The molecule has 22 unspecified atom stereocenters. The van der Waals surface area contributed by atoms with Crippen LogP contribution in [-0.4, -0.2) is 201 Å². The second-order valence-electron chi connectivity index (χ2n) is 14.3. The van der Waals surface area contributed by atoms with E-state index in [0.717, 1.165) is 0 Å². The zero-order chi connectivity index (χ0) is 37.3. The topological polar surface area (TPSA) is 377 Å². The summed E-state index contributed by atoms with van der Waals surface area (Å²) in [7, 11) is 0. The zero-order valence-corrected chi connectivity index (χ0v) is 28.1. The molecule has 0 aromatic rings. The number of ether oxygens (including phenoxy) is 7. The van der Waals surface area contributed by atoms with Crippen LogP contribution in [0.3, 0.4) is 0 Å². The van der Waals surface area contributed by atoms with Gasteiger partial charge in [0.25, 0.3) is 0 Å². The van der Waals surface area contributed by atoms with Crippen molar-refractivity contribution in [3.63, 3.8) is 0 Å². The number of aliphatic hydroxyl groups excluding tert-OH is 9. The second kappa shape index (κ2) is 17.7. The molecule has 3 saturated heterocycles. The fourth-order valence-electron chi connectivity index (χ4n) is 7.63. The lowest BCUT2D eigenvalue weighted by atomic mass is 9.79. The molecule has 22 atom stereocenters. The zero-order valence-electron chi connectivity index (χ0n) is 28.1. The highest BCUT2D eigenvalue weighted by atomic mass is 16.7. The summed E-state index contributed by atoms with van der Waals surface area (Å²) in [4.78, 5) is 0. The first-order valence-electron chi connectivity index (χ1n) is 17.4. The SMILES string of the molecule is NCC1CC(OC2CC(OC3C(O)C(N)CC(N)C3OC3OC(CO)C(O)CC3N)OC2CO)C(N)C(O)C1OCC1OC(O)C(O)C(O)C1O. The first-order chi connectivity index (χ1) is 24.2. The summed E-state index contributed by atoms with van der Waals surface area (Å²) in [5, 5.41) is 92.1. The van der Waals surface area contributed by atoms with Gasteiger partial charge in [0, 0.05) is 24.4 Å². The lowest BCUT2D eigenvalue weighted by Gasteiger charge is -2.46. The second-order valence-corrected chi connectivity index (χ2v) is 14.3. The Hall–Kier alpha value is -0.840. The minimum absolute atomic E-state index is 0.0382. The predicted molar refractivity (Wildman–Crippen MR) is 169 cm³/mol. The van der Waals surface area contributed by atoms with E-state index in [1.165, 1.54) is 0 Å². The normalized spacial score (nSPS) is 52.6. The monoisotopic (exact) mass is 743 g/mol. The molecule has 298 valence electrons. The van der Waals surface area contributed by atoms with Crippen LogP contribution in [0.1, 0.15) is 25.7 Å². The third kappa shape index (κ3) is 9.01. The minimum atomic E-state index is -1.76. The maximum absolute atomic E-state index is 11.2. The summed E-state index contributed by atoms with van der Waals surface area (Å²) in [6.07, 6.45) is -19.6. The minimum Gasteiger partial charge on any atom is -0.394 e. The van der Waals surface area contributed by atoms with Crippen LogP contribution in [0.25, 0.3) is 0 Å². The number of nitrogens with two attached hydrogens (primary N) is 5. The Bertz CT molecular complexity index is 1090. The van der Waals surface area contributed by atoms with Crippen molar-refractivity contribution in [2.45, 2.75) is 154 Å². The molecule has 3 heterocycles. The van der Waals surface area contributed by atoms with E-state index in [1.807, 2.05) is 0 Å². The van der Waals surface area contributed by atoms with Crippen molar-refractivity contribution in [3.05, 3.63) is 0 Å². The molecule has 0 bridgehead atoms. The number of hydrogen-bond acceptors (Lipinski definition) is 21. The number of rotatable bonds is 12. The Labute approximate surface area is 294 Å². The third-order valence-corrected chi connectivity index (χ3v) is 10.7. The fourth-order valence-corrected chi connectivity index (χ4v) is 7.63. The van der Waals surface area contributed by atoms with Crippen molar-refractivity contribution in [3.8, 4) is 0 Å². The molecule has 5 fully saturated rings. The number of aliphatic hydroxyl groups is 9. The molecule has 19 N–H and O–H groups in total.